The van der Waals surface area contributed by atoms with E-state index in [1.165, 1.54) is 121 Å². The number of aliphatic hydroxyl groups excluding tert-OH is 1. The topological polar surface area (TPSA) is 46.5 Å². The van der Waals surface area contributed by atoms with Crippen molar-refractivity contribution >= 4 is 5.97 Å². The molecular formula is C45H80O3. The van der Waals surface area contributed by atoms with Crippen molar-refractivity contribution in [3.05, 3.63) is 11.6 Å². The third-order valence-electron chi connectivity index (χ3n) is 14.6. The van der Waals surface area contributed by atoms with Gasteiger partial charge < -0.3 is 9.84 Å². The van der Waals surface area contributed by atoms with Crippen molar-refractivity contribution in [3.8, 4) is 0 Å². The average molecular weight is 669 g/mol. The maximum atomic E-state index is 12.8. The summed E-state index contributed by atoms with van der Waals surface area (Å²) in [5, 5.41) is 11.9. The minimum absolute atomic E-state index is 0.0240. The molecule has 9 atom stereocenters. The summed E-state index contributed by atoms with van der Waals surface area (Å²) in [5.74, 6) is 4.08. The fraction of sp³-hybridized carbons (Fsp3) is 0.933. The molecule has 0 aromatic rings. The summed E-state index contributed by atoms with van der Waals surface area (Å²) < 4.78 is 6.11. The Kier molecular flexibility index (Phi) is 16.4. The van der Waals surface area contributed by atoms with E-state index in [4.69, 9.17) is 4.74 Å². The minimum atomic E-state index is -0.189. The molecule has 3 fully saturated rings. The van der Waals surface area contributed by atoms with Gasteiger partial charge in [0.2, 0.25) is 0 Å². The lowest BCUT2D eigenvalue weighted by atomic mass is 9.46. The second kappa shape index (κ2) is 19.7. The first-order chi connectivity index (χ1) is 23.1. The van der Waals surface area contributed by atoms with Crippen LogP contribution >= 0.6 is 0 Å². The molecule has 3 nitrogen and oxygen atoms in total. The highest BCUT2D eigenvalue weighted by Gasteiger charge is 2.62. The summed E-state index contributed by atoms with van der Waals surface area (Å²) in [6.07, 6.45) is 34.9. The first-order valence-corrected chi connectivity index (χ1v) is 21.7. The van der Waals surface area contributed by atoms with E-state index in [9.17, 15) is 9.90 Å². The third-order valence-corrected chi connectivity index (χ3v) is 14.6. The standard InChI is InChI=1S/C45H80O3/c1-7-8-9-10-11-12-13-14-15-16-17-18-19-20-21-25-43(47)48-37-30-31-44(5)36(32-37)26-27-38-40-29-28-39(35(4)24-22-23-34(2)3)45(40,6)42(46)33-41(38)44/h26,34-35,37-42,46H,7-25,27-33H2,1-6H3/t35-,37?,38?,39-,40?,41?,42?,44+,45-/m1/s1. The van der Waals surface area contributed by atoms with Gasteiger partial charge in [-0.1, -0.05) is 162 Å². The van der Waals surface area contributed by atoms with Gasteiger partial charge in [-0.15, -0.1) is 0 Å². The number of carbonyl (C=O) groups is 1. The molecule has 0 bridgehead atoms. The molecule has 4 aliphatic carbocycles. The van der Waals surface area contributed by atoms with E-state index in [2.05, 4.69) is 47.6 Å². The number of ether oxygens (including phenoxy) is 1. The molecule has 0 aliphatic heterocycles. The summed E-state index contributed by atoms with van der Waals surface area (Å²) in [5.41, 5.74) is 1.76. The summed E-state index contributed by atoms with van der Waals surface area (Å²) in [6, 6.07) is 0. The Morgan fingerprint density at radius 3 is 2.02 bits per heavy atom. The zero-order chi connectivity index (χ0) is 34.6. The maximum Gasteiger partial charge on any atom is 0.306 e. The number of allylic oxidation sites excluding steroid dienone is 1. The molecule has 3 saturated carbocycles. The SMILES string of the molecule is CCCCCCCCCCCCCCCCCC(=O)OC1CC[C@@]2(C)C(=CCC3C4CC[C@H]([C@H](C)CCCC(C)C)[C@@]4(C)C(O)CC32)C1. The molecule has 4 rings (SSSR count). The van der Waals surface area contributed by atoms with Crippen molar-refractivity contribution in [3.63, 3.8) is 0 Å². The number of esters is 1. The van der Waals surface area contributed by atoms with Gasteiger partial charge in [0, 0.05) is 12.8 Å². The van der Waals surface area contributed by atoms with E-state index < -0.39 is 0 Å². The molecule has 278 valence electrons. The van der Waals surface area contributed by atoms with Crippen molar-refractivity contribution in [1.29, 1.82) is 0 Å². The molecule has 3 heteroatoms. The second-order valence-corrected chi connectivity index (χ2v) is 18.4. The lowest BCUT2D eigenvalue weighted by Crippen LogP contribution is -2.56. The highest BCUT2D eigenvalue weighted by molar-refractivity contribution is 5.69. The molecule has 0 saturated heterocycles. The van der Waals surface area contributed by atoms with Crippen LogP contribution in [-0.2, 0) is 9.53 Å². The fourth-order valence-corrected chi connectivity index (χ4v) is 11.6. The second-order valence-electron chi connectivity index (χ2n) is 18.4. The number of fused-ring (bicyclic) bond motifs is 5. The molecule has 1 N–H and O–H groups in total. The third kappa shape index (κ3) is 10.4. The van der Waals surface area contributed by atoms with Crippen molar-refractivity contribution in [2.75, 3.05) is 0 Å². The van der Waals surface area contributed by atoms with Crippen molar-refractivity contribution in [2.45, 2.75) is 221 Å². The summed E-state index contributed by atoms with van der Waals surface area (Å²) in [6.45, 7) is 14.4. The highest BCUT2D eigenvalue weighted by Crippen LogP contribution is 2.67. The first-order valence-electron chi connectivity index (χ1n) is 21.7. The first kappa shape index (κ1) is 39.9. The zero-order valence-corrected chi connectivity index (χ0v) is 32.8. The Morgan fingerprint density at radius 1 is 0.812 bits per heavy atom. The van der Waals surface area contributed by atoms with Gasteiger partial charge in [0.05, 0.1) is 6.10 Å². The maximum absolute atomic E-state index is 12.8. The Morgan fingerprint density at radius 2 is 1.42 bits per heavy atom. The van der Waals surface area contributed by atoms with Gasteiger partial charge >= 0.3 is 5.97 Å². The summed E-state index contributed by atoms with van der Waals surface area (Å²) in [4.78, 5) is 12.8. The van der Waals surface area contributed by atoms with E-state index in [-0.39, 0.29) is 29.0 Å². The van der Waals surface area contributed by atoms with Crippen molar-refractivity contribution in [1.82, 2.24) is 0 Å². The van der Waals surface area contributed by atoms with Crippen LogP contribution in [0.15, 0.2) is 11.6 Å². The Hall–Kier alpha value is -0.830. The zero-order valence-electron chi connectivity index (χ0n) is 32.8. The fourth-order valence-electron chi connectivity index (χ4n) is 11.6. The van der Waals surface area contributed by atoms with Crippen LogP contribution in [0.3, 0.4) is 0 Å². The van der Waals surface area contributed by atoms with Crippen LogP contribution in [0.4, 0.5) is 0 Å². The Balaban J connectivity index is 1.13. The molecule has 0 radical (unpaired) electrons. The van der Waals surface area contributed by atoms with Gasteiger partial charge in [0.1, 0.15) is 6.10 Å². The Bertz CT molecular complexity index is 969. The van der Waals surface area contributed by atoms with Gasteiger partial charge in [-0.05, 0) is 91.3 Å². The van der Waals surface area contributed by atoms with Crippen LogP contribution in [0.25, 0.3) is 0 Å². The molecule has 5 unspecified atom stereocenters. The van der Waals surface area contributed by atoms with Crippen molar-refractivity contribution < 1.29 is 14.6 Å². The predicted molar refractivity (Wildman–Crippen MR) is 204 cm³/mol. The Labute approximate surface area is 298 Å². The molecule has 0 aromatic carbocycles. The van der Waals surface area contributed by atoms with Gasteiger partial charge in [-0.3, -0.25) is 4.79 Å². The molecule has 48 heavy (non-hydrogen) atoms. The van der Waals surface area contributed by atoms with Gasteiger partial charge in [-0.25, -0.2) is 0 Å². The van der Waals surface area contributed by atoms with E-state index in [0.29, 0.717) is 36.0 Å². The average Bonchev–Trinajstić information content (AvgIpc) is 3.42. The number of carbonyl (C=O) groups excluding carboxylic acids is 1. The lowest BCUT2D eigenvalue weighted by molar-refractivity contribution is -0.154. The molecule has 4 aliphatic rings. The summed E-state index contributed by atoms with van der Waals surface area (Å²) in [7, 11) is 0. The molecule has 0 spiro atoms. The molecule has 0 heterocycles. The largest absolute Gasteiger partial charge is 0.462 e. The van der Waals surface area contributed by atoms with Crippen LogP contribution in [0, 0.1) is 46.3 Å². The number of hydrogen-bond donors (Lipinski definition) is 1. The number of hydrogen-bond acceptors (Lipinski definition) is 3. The van der Waals surface area contributed by atoms with Crippen molar-refractivity contribution in [2.24, 2.45) is 46.3 Å². The molecule has 0 aromatic heterocycles. The normalized spacial score (nSPS) is 33.5. The molecular weight excluding hydrogens is 588 g/mol. The number of aliphatic hydroxyl groups is 1. The van der Waals surface area contributed by atoms with E-state index in [1.807, 2.05) is 0 Å². The quantitative estimate of drug-likeness (QED) is 0.0709. The van der Waals surface area contributed by atoms with Gasteiger partial charge in [0.25, 0.3) is 0 Å². The summed E-state index contributed by atoms with van der Waals surface area (Å²) >= 11 is 0. The van der Waals surface area contributed by atoms with Crippen LogP contribution in [0.5, 0.6) is 0 Å². The lowest BCUT2D eigenvalue weighted by Gasteiger charge is -2.60. The minimum Gasteiger partial charge on any atom is -0.462 e. The van der Waals surface area contributed by atoms with E-state index in [1.54, 1.807) is 0 Å². The monoisotopic (exact) mass is 669 g/mol. The number of unbranched alkanes of at least 4 members (excludes halogenated alkanes) is 14. The van der Waals surface area contributed by atoms with Crippen LogP contribution < -0.4 is 0 Å². The predicted octanol–water partition coefficient (Wildman–Crippen LogP) is 13.2. The van der Waals surface area contributed by atoms with E-state index >= 15 is 0 Å². The van der Waals surface area contributed by atoms with E-state index in [0.717, 1.165) is 50.9 Å². The van der Waals surface area contributed by atoms with Crippen LogP contribution in [-0.4, -0.2) is 23.3 Å². The number of rotatable bonds is 22. The van der Waals surface area contributed by atoms with Gasteiger partial charge in [-0.2, -0.15) is 0 Å². The highest BCUT2D eigenvalue weighted by atomic mass is 16.5. The molecule has 0 amide bonds. The smallest absolute Gasteiger partial charge is 0.306 e. The van der Waals surface area contributed by atoms with Crippen LogP contribution in [0.1, 0.15) is 208 Å². The van der Waals surface area contributed by atoms with Gasteiger partial charge in [0.15, 0.2) is 0 Å². The van der Waals surface area contributed by atoms with Crippen LogP contribution in [0.2, 0.25) is 0 Å².